The number of allylic oxidation sites excluding steroid dienone is 5. The molecule has 0 saturated carbocycles. The van der Waals surface area contributed by atoms with Crippen molar-refractivity contribution in [3.05, 3.63) is 95.8 Å². The van der Waals surface area contributed by atoms with Crippen LogP contribution in [0.15, 0.2) is 73.9 Å². The third-order valence-corrected chi connectivity index (χ3v) is 5.82. The highest BCUT2D eigenvalue weighted by Gasteiger charge is 2.25. The number of pyridine rings is 1. The zero-order chi connectivity index (χ0) is 22.5. The summed E-state index contributed by atoms with van der Waals surface area (Å²) < 4.78 is 14.5. The first-order valence-electron chi connectivity index (χ1n) is 9.75. The summed E-state index contributed by atoms with van der Waals surface area (Å²) in [6.07, 6.45) is 9.02. The van der Waals surface area contributed by atoms with Gasteiger partial charge in [-0.05, 0) is 49.2 Å². The predicted molar refractivity (Wildman–Crippen MR) is 130 cm³/mol. The number of nitrogens with zero attached hydrogens (tertiary/aromatic N) is 2. The highest BCUT2D eigenvalue weighted by Crippen LogP contribution is 2.35. The van der Waals surface area contributed by atoms with Gasteiger partial charge in [0.05, 0.1) is 17.1 Å². The summed E-state index contributed by atoms with van der Waals surface area (Å²) in [5.41, 5.74) is 9.28. The van der Waals surface area contributed by atoms with E-state index in [9.17, 15) is 9.18 Å². The van der Waals surface area contributed by atoms with Gasteiger partial charge in [0.2, 0.25) is 0 Å². The fourth-order valence-electron chi connectivity index (χ4n) is 3.15. The van der Waals surface area contributed by atoms with Gasteiger partial charge in [-0.15, -0.1) is 17.9 Å². The Kier molecular flexibility index (Phi) is 6.82. The number of fused-ring (bicyclic) bond motifs is 1. The number of hydrogen-bond donors (Lipinski definition) is 1. The van der Waals surface area contributed by atoms with Crippen LogP contribution in [0.5, 0.6) is 0 Å². The lowest BCUT2D eigenvalue weighted by molar-refractivity contribution is 0.0993. The lowest BCUT2D eigenvalue weighted by Gasteiger charge is -2.22. The number of amides is 1. The average Bonchev–Trinajstić information content (AvgIpc) is 3.10. The number of hydrogen-bond acceptors (Lipinski definition) is 4. The number of nitrogens with two attached hydrogens (primary N) is 1. The van der Waals surface area contributed by atoms with Gasteiger partial charge in [0.15, 0.2) is 0 Å². The van der Waals surface area contributed by atoms with E-state index in [1.54, 1.807) is 24.3 Å². The number of nitrogen functional groups attached to an aromatic ring is 1. The van der Waals surface area contributed by atoms with Crippen LogP contribution < -0.4 is 10.6 Å². The monoisotopic (exact) mass is 433 g/mol. The molecule has 158 valence electrons. The second kappa shape index (κ2) is 9.53. The molecule has 0 radical (unpaired) electrons. The van der Waals surface area contributed by atoms with Crippen molar-refractivity contribution in [2.75, 3.05) is 17.2 Å². The number of benzene rings is 1. The van der Waals surface area contributed by atoms with E-state index in [1.807, 2.05) is 44.2 Å². The second-order valence-electron chi connectivity index (χ2n) is 6.91. The van der Waals surface area contributed by atoms with Gasteiger partial charge < -0.3 is 10.6 Å². The molecule has 4 nitrogen and oxygen atoms in total. The number of thiophene rings is 1. The van der Waals surface area contributed by atoms with Gasteiger partial charge in [-0.1, -0.05) is 43.0 Å². The van der Waals surface area contributed by atoms with Crippen molar-refractivity contribution in [1.29, 1.82) is 0 Å². The van der Waals surface area contributed by atoms with E-state index in [2.05, 4.69) is 18.1 Å². The minimum Gasteiger partial charge on any atom is -0.397 e. The molecule has 0 spiro atoms. The van der Waals surface area contributed by atoms with Crippen molar-refractivity contribution in [2.24, 2.45) is 0 Å². The molecule has 3 rings (SSSR count). The van der Waals surface area contributed by atoms with Crippen LogP contribution in [0.1, 0.15) is 27.9 Å². The summed E-state index contributed by atoms with van der Waals surface area (Å²) in [5.74, 6) is -0.870. The summed E-state index contributed by atoms with van der Waals surface area (Å²) in [7, 11) is 0. The van der Waals surface area contributed by atoms with Gasteiger partial charge in [0, 0.05) is 11.9 Å². The molecule has 0 fully saturated rings. The van der Waals surface area contributed by atoms with Crippen molar-refractivity contribution in [2.45, 2.75) is 13.8 Å². The molecule has 2 N–H and O–H groups in total. The molecule has 2 aromatic heterocycles. The lowest BCUT2D eigenvalue weighted by Crippen LogP contribution is -2.31. The molecule has 0 aliphatic heterocycles. The third-order valence-electron chi connectivity index (χ3n) is 4.72. The van der Waals surface area contributed by atoms with Crippen molar-refractivity contribution in [1.82, 2.24) is 4.98 Å². The van der Waals surface area contributed by atoms with E-state index in [-0.39, 0.29) is 18.1 Å². The molecule has 2 heterocycles. The molecule has 31 heavy (non-hydrogen) atoms. The van der Waals surface area contributed by atoms with Crippen molar-refractivity contribution < 1.29 is 9.18 Å². The zero-order valence-electron chi connectivity index (χ0n) is 17.6. The first kappa shape index (κ1) is 22.2. The van der Waals surface area contributed by atoms with E-state index in [4.69, 9.17) is 5.73 Å². The van der Waals surface area contributed by atoms with E-state index < -0.39 is 5.82 Å². The molecule has 3 aromatic rings. The Labute approximate surface area is 185 Å². The fourth-order valence-corrected chi connectivity index (χ4v) is 4.19. The first-order valence-corrected chi connectivity index (χ1v) is 10.6. The van der Waals surface area contributed by atoms with Gasteiger partial charge in [0.1, 0.15) is 15.5 Å². The van der Waals surface area contributed by atoms with Gasteiger partial charge in [-0.3, -0.25) is 4.79 Å². The minimum atomic E-state index is -0.481. The van der Waals surface area contributed by atoms with Crippen LogP contribution in [0.2, 0.25) is 0 Å². The van der Waals surface area contributed by atoms with Crippen LogP contribution >= 0.6 is 11.3 Å². The average molecular weight is 434 g/mol. The number of carbonyl (C=O) groups excluding carboxylic acids is 1. The zero-order valence-corrected chi connectivity index (χ0v) is 18.4. The van der Waals surface area contributed by atoms with Crippen LogP contribution in [-0.2, 0) is 0 Å². The van der Waals surface area contributed by atoms with Crippen LogP contribution in [0.3, 0.4) is 0 Å². The Morgan fingerprint density at radius 3 is 2.74 bits per heavy atom. The van der Waals surface area contributed by atoms with E-state index >= 15 is 0 Å². The van der Waals surface area contributed by atoms with E-state index in [0.29, 0.717) is 20.8 Å². The standard InChI is InChI=1S/C25H24FN3OS/c1-5-8-9-17(7-3)20-13-11-18-22(27)23(31-24(18)28-20)25(30)29(14-6-2)21-15-16(4)10-12-19(21)26/h5-13,15H,2-3,14,27H2,1,4H3/b8-5-,17-9+. The Morgan fingerprint density at radius 1 is 1.29 bits per heavy atom. The topological polar surface area (TPSA) is 59.2 Å². The molecule has 0 saturated heterocycles. The fraction of sp³-hybridized carbons (Fsp3) is 0.120. The third kappa shape index (κ3) is 4.49. The van der Waals surface area contributed by atoms with Crippen LogP contribution in [0.25, 0.3) is 15.8 Å². The number of anilines is 2. The molecule has 6 heteroatoms. The lowest BCUT2D eigenvalue weighted by atomic mass is 10.1. The number of aromatic nitrogens is 1. The molecule has 0 unspecified atom stereocenters. The van der Waals surface area contributed by atoms with Crippen molar-refractivity contribution in [3.8, 4) is 0 Å². The maximum absolute atomic E-state index is 14.5. The van der Waals surface area contributed by atoms with Crippen molar-refractivity contribution >= 4 is 44.4 Å². The Morgan fingerprint density at radius 2 is 2.06 bits per heavy atom. The van der Waals surface area contributed by atoms with Gasteiger partial charge in [-0.2, -0.15) is 0 Å². The number of halogens is 1. The summed E-state index contributed by atoms with van der Waals surface area (Å²) in [4.78, 5) is 20.4. The second-order valence-corrected chi connectivity index (χ2v) is 7.90. The molecule has 0 atom stereocenters. The number of aryl methyl sites for hydroxylation is 1. The molecular weight excluding hydrogens is 409 g/mol. The maximum atomic E-state index is 14.5. The molecule has 1 aromatic carbocycles. The van der Waals surface area contributed by atoms with Crippen LogP contribution in [-0.4, -0.2) is 17.4 Å². The molecule has 1 amide bonds. The molecule has 0 aliphatic carbocycles. The molecule has 0 aliphatic rings. The maximum Gasteiger partial charge on any atom is 0.270 e. The molecular formula is C25H24FN3OS. The van der Waals surface area contributed by atoms with Gasteiger partial charge in [-0.25, -0.2) is 9.37 Å². The van der Waals surface area contributed by atoms with Crippen molar-refractivity contribution in [3.63, 3.8) is 0 Å². The summed E-state index contributed by atoms with van der Waals surface area (Å²) in [6.45, 7) is 11.5. The normalized spacial score (nSPS) is 11.8. The quantitative estimate of drug-likeness (QED) is 0.351. The highest BCUT2D eigenvalue weighted by atomic mass is 32.1. The van der Waals surface area contributed by atoms with Crippen LogP contribution in [0, 0.1) is 12.7 Å². The number of rotatable bonds is 7. The summed E-state index contributed by atoms with van der Waals surface area (Å²) in [6, 6.07) is 8.34. The highest BCUT2D eigenvalue weighted by molar-refractivity contribution is 7.21. The largest absolute Gasteiger partial charge is 0.397 e. The van der Waals surface area contributed by atoms with E-state index in [0.717, 1.165) is 16.8 Å². The summed E-state index contributed by atoms with van der Waals surface area (Å²) in [5, 5.41) is 0.690. The first-order chi connectivity index (χ1) is 14.9. The Balaban J connectivity index is 2.09. The number of carbonyl (C=O) groups is 1. The Hall–Kier alpha value is -3.51. The minimum absolute atomic E-state index is 0.151. The SMILES string of the molecule is C=CCN(C(=O)c1sc2nc(/C(C=C)=C/C=C\C)ccc2c1N)c1cc(C)ccc1F. The molecule has 0 bridgehead atoms. The van der Waals surface area contributed by atoms with E-state index in [1.165, 1.54) is 22.3 Å². The van der Waals surface area contributed by atoms with Gasteiger partial charge in [0.25, 0.3) is 5.91 Å². The summed E-state index contributed by atoms with van der Waals surface area (Å²) >= 11 is 1.19. The van der Waals surface area contributed by atoms with Gasteiger partial charge >= 0.3 is 0 Å². The predicted octanol–water partition coefficient (Wildman–Crippen LogP) is 6.30. The van der Waals surface area contributed by atoms with Crippen LogP contribution in [0.4, 0.5) is 15.8 Å². The Bertz CT molecular complexity index is 1220. The smallest absolute Gasteiger partial charge is 0.270 e.